The Labute approximate surface area is 107 Å². The van der Waals surface area contributed by atoms with E-state index in [4.69, 9.17) is 0 Å². The topological polar surface area (TPSA) is 6.48 Å². The summed E-state index contributed by atoms with van der Waals surface area (Å²) in [5, 5.41) is 0. The molecule has 2 aliphatic rings. The molecule has 3 atom stereocenters. The van der Waals surface area contributed by atoms with E-state index in [0.717, 1.165) is 26.1 Å². The van der Waals surface area contributed by atoms with Gasteiger partial charge >= 0.3 is 6.18 Å². The van der Waals surface area contributed by atoms with Crippen LogP contribution in [0.2, 0.25) is 0 Å². The molecule has 0 N–H and O–H groups in total. The van der Waals surface area contributed by atoms with Crippen molar-refractivity contribution in [3.05, 3.63) is 0 Å². The van der Waals surface area contributed by atoms with E-state index < -0.39 is 18.6 Å². The molecule has 0 amide bonds. The third-order valence-corrected chi connectivity index (χ3v) is 4.33. The average Bonchev–Trinajstić information content (AvgIpc) is 2.25. The number of rotatable bonds is 2. The molecule has 0 aliphatic carbocycles. The van der Waals surface area contributed by atoms with Crippen molar-refractivity contribution in [1.82, 2.24) is 9.80 Å². The molecule has 2 aliphatic heterocycles. The number of piperazine rings is 1. The van der Waals surface area contributed by atoms with E-state index in [0.29, 0.717) is 6.04 Å². The van der Waals surface area contributed by atoms with Crippen molar-refractivity contribution < 1.29 is 13.2 Å². The molecular weight excluding hydrogens is 241 g/mol. The predicted molar refractivity (Wildman–Crippen MR) is 65.5 cm³/mol. The lowest BCUT2D eigenvalue weighted by molar-refractivity contribution is -0.151. The highest BCUT2D eigenvalue weighted by Crippen LogP contribution is 2.29. The van der Waals surface area contributed by atoms with Crippen LogP contribution in [0.4, 0.5) is 13.2 Å². The first kappa shape index (κ1) is 14.1. The Bertz CT molecular complexity index is 280. The van der Waals surface area contributed by atoms with Crippen LogP contribution in [0, 0.1) is 0 Å². The van der Waals surface area contributed by atoms with Gasteiger partial charge in [0.15, 0.2) is 0 Å². The Morgan fingerprint density at radius 1 is 1.22 bits per heavy atom. The summed E-state index contributed by atoms with van der Waals surface area (Å²) in [4.78, 5) is 4.52. The molecule has 0 radical (unpaired) electrons. The number of halogens is 3. The maximum atomic E-state index is 12.5. The molecule has 5 heteroatoms. The second-order valence-corrected chi connectivity index (χ2v) is 5.86. The zero-order valence-electron chi connectivity index (χ0n) is 11.2. The van der Waals surface area contributed by atoms with Crippen molar-refractivity contribution in [2.45, 2.75) is 63.8 Å². The van der Waals surface area contributed by atoms with Crippen molar-refractivity contribution in [1.29, 1.82) is 0 Å². The van der Waals surface area contributed by atoms with Crippen LogP contribution in [0.1, 0.15) is 39.5 Å². The van der Waals surface area contributed by atoms with Gasteiger partial charge in [-0.05, 0) is 33.2 Å². The molecule has 18 heavy (non-hydrogen) atoms. The quantitative estimate of drug-likeness (QED) is 0.756. The van der Waals surface area contributed by atoms with Crippen LogP contribution in [0.25, 0.3) is 0 Å². The standard InChI is InChI=1S/C13H23F3N2/c1-10(7-13(14,15)16)18-9-12-5-3-4-6-17(12)8-11(18)2/h10-12H,3-9H2,1-2H3. The minimum Gasteiger partial charge on any atom is -0.298 e. The lowest BCUT2D eigenvalue weighted by atomic mass is 9.95. The maximum absolute atomic E-state index is 12.5. The minimum absolute atomic E-state index is 0.233. The van der Waals surface area contributed by atoms with Gasteiger partial charge in [0.1, 0.15) is 0 Å². The SMILES string of the molecule is CC1CN2CCCCC2CN1C(C)CC(F)(F)F. The fourth-order valence-electron chi connectivity index (χ4n) is 3.44. The highest BCUT2D eigenvalue weighted by molar-refractivity contribution is 4.91. The zero-order valence-corrected chi connectivity index (χ0v) is 11.2. The Hall–Kier alpha value is -0.290. The molecule has 2 saturated heterocycles. The van der Waals surface area contributed by atoms with Crippen molar-refractivity contribution in [3.63, 3.8) is 0 Å². The number of nitrogens with zero attached hydrogens (tertiary/aromatic N) is 2. The van der Waals surface area contributed by atoms with Gasteiger partial charge < -0.3 is 0 Å². The summed E-state index contributed by atoms with van der Waals surface area (Å²) in [6, 6.07) is 0.311. The summed E-state index contributed by atoms with van der Waals surface area (Å²) in [6.07, 6.45) is -1.15. The molecule has 106 valence electrons. The molecule has 2 nitrogen and oxygen atoms in total. The fourth-order valence-corrected chi connectivity index (χ4v) is 3.44. The van der Waals surface area contributed by atoms with Crippen molar-refractivity contribution in [3.8, 4) is 0 Å². The Morgan fingerprint density at radius 2 is 1.94 bits per heavy atom. The van der Waals surface area contributed by atoms with Crippen molar-refractivity contribution in [2.75, 3.05) is 19.6 Å². The van der Waals surface area contributed by atoms with Crippen LogP contribution in [-0.4, -0.2) is 53.7 Å². The molecule has 2 heterocycles. The highest BCUT2D eigenvalue weighted by atomic mass is 19.4. The fraction of sp³-hybridized carbons (Fsp3) is 1.00. The molecule has 0 saturated carbocycles. The van der Waals surface area contributed by atoms with E-state index in [-0.39, 0.29) is 6.04 Å². The molecule has 2 rings (SSSR count). The normalized spacial score (nSPS) is 33.2. The van der Waals surface area contributed by atoms with Crippen LogP contribution in [0.5, 0.6) is 0 Å². The summed E-state index contributed by atoms with van der Waals surface area (Å²) in [7, 11) is 0. The molecular formula is C13H23F3N2. The van der Waals surface area contributed by atoms with Crippen LogP contribution in [-0.2, 0) is 0 Å². The lowest BCUT2D eigenvalue weighted by Gasteiger charge is -2.49. The molecule has 0 aromatic carbocycles. The van der Waals surface area contributed by atoms with Gasteiger partial charge in [-0.15, -0.1) is 0 Å². The number of hydrogen-bond donors (Lipinski definition) is 0. The summed E-state index contributed by atoms with van der Waals surface area (Å²) in [5.74, 6) is 0. The number of hydrogen-bond acceptors (Lipinski definition) is 2. The second-order valence-electron chi connectivity index (χ2n) is 5.86. The maximum Gasteiger partial charge on any atom is 0.390 e. The van der Waals surface area contributed by atoms with Gasteiger partial charge in [0.05, 0.1) is 6.42 Å². The third-order valence-electron chi connectivity index (χ3n) is 4.33. The molecule has 2 fully saturated rings. The number of alkyl halides is 3. The van der Waals surface area contributed by atoms with Gasteiger partial charge in [-0.3, -0.25) is 9.80 Å². The van der Waals surface area contributed by atoms with Crippen LogP contribution < -0.4 is 0 Å². The summed E-state index contributed by atoms with van der Waals surface area (Å²) in [5.41, 5.74) is 0. The van der Waals surface area contributed by atoms with Gasteiger partial charge in [0.25, 0.3) is 0 Å². The molecule has 0 spiro atoms. The molecule has 0 aromatic rings. The van der Waals surface area contributed by atoms with Gasteiger partial charge in [-0.25, -0.2) is 0 Å². The Balaban J connectivity index is 1.96. The van der Waals surface area contributed by atoms with E-state index in [2.05, 4.69) is 16.7 Å². The van der Waals surface area contributed by atoms with Gasteiger partial charge in [-0.2, -0.15) is 13.2 Å². The predicted octanol–water partition coefficient (Wildman–Crippen LogP) is 2.89. The highest BCUT2D eigenvalue weighted by Gasteiger charge is 2.38. The van der Waals surface area contributed by atoms with Crippen molar-refractivity contribution >= 4 is 0 Å². The van der Waals surface area contributed by atoms with E-state index in [1.54, 1.807) is 6.92 Å². The summed E-state index contributed by atoms with van der Waals surface area (Å²) >= 11 is 0. The van der Waals surface area contributed by atoms with E-state index >= 15 is 0 Å². The van der Waals surface area contributed by atoms with Crippen LogP contribution in [0.3, 0.4) is 0 Å². The van der Waals surface area contributed by atoms with E-state index in [9.17, 15) is 13.2 Å². The van der Waals surface area contributed by atoms with Crippen molar-refractivity contribution in [2.24, 2.45) is 0 Å². The van der Waals surface area contributed by atoms with E-state index in [1.165, 1.54) is 12.8 Å². The zero-order chi connectivity index (χ0) is 13.3. The molecule has 3 unspecified atom stereocenters. The smallest absolute Gasteiger partial charge is 0.298 e. The Kier molecular flexibility index (Phi) is 4.22. The first-order chi connectivity index (χ1) is 8.37. The summed E-state index contributed by atoms with van der Waals surface area (Å²) < 4.78 is 37.5. The molecule has 0 aromatic heterocycles. The first-order valence-electron chi connectivity index (χ1n) is 6.93. The Morgan fingerprint density at radius 3 is 2.61 bits per heavy atom. The third kappa shape index (κ3) is 3.38. The van der Waals surface area contributed by atoms with Gasteiger partial charge in [0.2, 0.25) is 0 Å². The van der Waals surface area contributed by atoms with Crippen LogP contribution >= 0.6 is 0 Å². The average molecular weight is 264 g/mol. The summed E-state index contributed by atoms with van der Waals surface area (Å²) in [6.45, 7) is 6.61. The minimum atomic E-state index is -4.05. The van der Waals surface area contributed by atoms with Crippen LogP contribution in [0.15, 0.2) is 0 Å². The molecule has 0 bridgehead atoms. The number of fused-ring (bicyclic) bond motifs is 1. The monoisotopic (exact) mass is 264 g/mol. The van der Waals surface area contributed by atoms with Gasteiger partial charge in [-0.1, -0.05) is 6.42 Å². The first-order valence-corrected chi connectivity index (χ1v) is 6.93. The van der Waals surface area contributed by atoms with Gasteiger partial charge in [0, 0.05) is 31.2 Å². The second kappa shape index (κ2) is 5.37. The number of piperidine rings is 1. The van der Waals surface area contributed by atoms with E-state index in [1.807, 2.05) is 0 Å². The largest absolute Gasteiger partial charge is 0.390 e. The lowest BCUT2D eigenvalue weighted by Crippen LogP contribution is -2.61.